The number of nitrogens with zero attached hydrogens (tertiary/aromatic N) is 4. The van der Waals surface area contributed by atoms with Crippen LogP contribution in [-0.4, -0.2) is 43.9 Å². The van der Waals surface area contributed by atoms with Gasteiger partial charge in [0.1, 0.15) is 18.2 Å². The first-order valence-electron chi connectivity index (χ1n) is 8.27. The number of benzene rings is 1. The largest absolute Gasteiger partial charge is 0.390 e. The number of halogens is 1. The first kappa shape index (κ1) is 17.5. The summed E-state index contributed by atoms with van der Waals surface area (Å²) >= 11 is 0. The minimum absolute atomic E-state index is 0.0715. The predicted octanol–water partition coefficient (Wildman–Crippen LogP) is 2.37. The summed E-state index contributed by atoms with van der Waals surface area (Å²) in [6.45, 7) is 3.39. The fourth-order valence-corrected chi connectivity index (χ4v) is 3.49. The van der Waals surface area contributed by atoms with Gasteiger partial charge >= 0.3 is 5.69 Å². The van der Waals surface area contributed by atoms with Gasteiger partial charge in [-0.15, -0.1) is 0 Å². The first-order chi connectivity index (χ1) is 11.9. The van der Waals surface area contributed by atoms with Gasteiger partial charge in [-0.2, -0.15) is 5.10 Å². The first-order valence-corrected chi connectivity index (χ1v) is 8.27. The summed E-state index contributed by atoms with van der Waals surface area (Å²) in [5.41, 5.74) is 0.542. The van der Waals surface area contributed by atoms with Gasteiger partial charge < -0.3 is 5.11 Å². The maximum atomic E-state index is 14.1. The Morgan fingerprint density at radius 1 is 1.44 bits per heavy atom. The number of hydrogen-bond donors (Lipinski definition) is 1. The van der Waals surface area contributed by atoms with Crippen molar-refractivity contribution < 1.29 is 14.4 Å². The molecule has 1 saturated heterocycles. The standard InChI is InChI=1S/C17H21FN4O3/c1-12-6-17(15-4-2-3-5-16(15)18)20(8-12)10-14(23)11-21-9-13(7-19-21)22(24)25/h2-5,7,9,12,14,17,23H,6,8,10-11H2,1H3. The molecule has 0 bridgehead atoms. The lowest BCUT2D eigenvalue weighted by Gasteiger charge is -2.27. The van der Waals surface area contributed by atoms with E-state index in [9.17, 15) is 19.6 Å². The molecule has 3 unspecified atom stereocenters. The van der Waals surface area contributed by atoms with E-state index in [2.05, 4.69) is 16.9 Å². The number of β-amino-alcohol motifs (C(OH)–C–C–N with tert-alkyl or cyclic N) is 1. The molecule has 3 atom stereocenters. The molecule has 3 rings (SSSR count). The molecular weight excluding hydrogens is 327 g/mol. The van der Waals surface area contributed by atoms with Crippen molar-refractivity contribution in [3.8, 4) is 0 Å². The topological polar surface area (TPSA) is 84.4 Å². The third-order valence-electron chi connectivity index (χ3n) is 4.55. The van der Waals surface area contributed by atoms with Crippen LogP contribution in [0.1, 0.15) is 24.9 Å². The molecule has 1 aromatic heterocycles. The number of aromatic nitrogens is 2. The Labute approximate surface area is 144 Å². The number of rotatable bonds is 6. The van der Waals surface area contributed by atoms with E-state index in [1.165, 1.54) is 16.9 Å². The molecule has 2 aromatic rings. The Morgan fingerprint density at radius 2 is 2.20 bits per heavy atom. The van der Waals surface area contributed by atoms with E-state index in [0.29, 0.717) is 18.0 Å². The Bertz CT molecular complexity index is 751. The fraction of sp³-hybridized carbons (Fsp3) is 0.471. The Kier molecular flexibility index (Phi) is 5.10. The van der Waals surface area contributed by atoms with E-state index in [-0.39, 0.29) is 24.1 Å². The summed E-state index contributed by atoms with van der Waals surface area (Å²) in [7, 11) is 0. The van der Waals surface area contributed by atoms with Gasteiger partial charge in [0, 0.05) is 24.7 Å². The van der Waals surface area contributed by atoms with Gasteiger partial charge in [-0.25, -0.2) is 4.39 Å². The van der Waals surface area contributed by atoms with Crippen LogP contribution in [0.3, 0.4) is 0 Å². The average Bonchev–Trinajstić information content (AvgIpc) is 3.15. The molecule has 0 spiro atoms. The van der Waals surface area contributed by atoms with Crippen LogP contribution < -0.4 is 0 Å². The second-order valence-electron chi connectivity index (χ2n) is 6.66. The summed E-state index contributed by atoms with van der Waals surface area (Å²) in [6.07, 6.45) is 2.54. The van der Waals surface area contributed by atoms with Gasteiger partial charge in [0.15, 0.2) is 0 Å². The van der Waals surface area contributed by atoms with Gasteiger partial charge in [0.25, 0.3) is 0 Å². The summed E-state index contributed by atoms with van der Waals surface area (Å²) in [5.74, 6) is 0.173. The zero-order valence-electron chi connectivity index (χ0n) is 14.0. The van der Waals surface area contributed by atoms with E-state index in [1.54, 1.807) is 12.1 Å². The summed E-state index contributed by atoms with van der Waals surface area (Å²) in [4.78, 5) is 12.2. The monoisotopic (exact) mass is 348 g/mol. The van der Waals surface area contributed by atoms with Crippen molar-refractivity contribution in [2.75, 3.05) is 13.1 Å². The Morgan fingerprint density at radius 3 is 2.88 bits per heavy atom. The third-order valence-corrected chi connectivity index (χ3v) is 4.55. The number of aliphatic hydroxyl groups excluding tert-OH is 1. The molecule has 1 aliphatic rings. The number of nitro groups is 1. The van der Waals surface area contributed by atoms with Gasteiger partial charge in [-0.05, 0) is 18.4 Å². The second kappa shape index (κ2) is 7.28. The molecule has 2 heterocycles. The van der Waals surface area contributed by atoms with Crippen LogP contribution >= 0.6 is 0 Å². The molecule has 0 radical (unpaired) electrons. The van der Waals surface area contributed by atoms with E-state index in [0.717, 1.165) is 19.2 Å². The lowest BCUT2D eigenvalue weighted by atomic mass is 10.0. The van der Waals surface area contributed by atoms with Crippen molar-refractivity contribution in [2.45, 2.75) is 32.0 Å². The number of likely N-dealkylation sites (tertiary alicyclic amines) is 1. The minimum atomic E-state index is -0.751. The lowest BCUT2D eigenvalue weighted by molar-refractivity contribution is -0.385. The van der Waals surface area contributed by atoms with Crippen LogP contribution in [0.5, 0.6) is 0 Å². The van der Waals surface area contributed by atoms with Gasteiger partial charge in [-0.3, -0.25) is 19.7 Å². The molecule has 25 heavy (non-hydrogen) atoms. The van der Waals surface area contributed by atoms with Crippen molar-refractivity contribution in [2.24, 2.45) is 5.92 Å². The van der Waals surface area contributed by atoms with Gasteiger partial charge in [0.2, 0.25) is 0 Å². The minimum Gasteiger partial charge on any atom is -0.390 e. The second-order valence-corrected chi connectivity index (χ2v) is 6.66. The Hall–Kier alpha value is -2.32. The van der Waals surface area contributed by atoms with Crippen molar-refractivity contribution in [1.82, 2.24) is 14.7 Å². The molecule has 1 N–H and O–H groups in total. The van der Waals surface area contributed by atoms with Gasteiger partial charge in [-0.1, -0.05) is 25.1 Å². The SMILES string of the molecule is CC1CC(c2ccccc2F)N(CC(O)Cn2cc([N+](=O)[O-])cn2)C1. The average molecular weight is 348 g/mol. The van der Waals surface area contributed by atoms with E-state index in [1.807, 2.05) is 6.07 Å². The van der Waals surface area contributed by atoms with Crippen LogP contribution in [-0.2, 0) is 6.54 Å². The van der Waals surface area contributed by atoms with Gasteiger partial charge in [0.05, 0.1) is 17.6 Å². The molecule has 1 aromatic carbocycles. The molecule has 0 aliphatic carbocycles. The maximum absolute atomic E-state index is 14.1. The molecular formula is C17H21FN4O3. The normalized spacial score (nSPS) is 22.2. The van der Waals surface area contributed by atoms with Crippen LogP contribution in [0, 0.1) is 21.8 Å². The molecule has 0 saturated carbocycles. The van der Waals surface area contributed by atoms with E-state index < -0.39 is 11.0 Å². The van der Waals surface area contributed by atoms with Crippen molar-refractivity contribution in [1.29, 1.82) is 0 Å². The molecule has 7 nitrogen and oxygen atoms in total. The van der Waals surface area contributed by atoms with Crippen molar-refractivity contribution >= 4 is 5.69 Å². The fourth-order valence-electron chi connectivity index (χ4n) is 3.49. The third kappa shape index (κ3) is 4.02. The Balaban J connectivity index is 1.67. The highest BCUT2D eigenvalue weighted by molar-refractivity contribution is 5.23. The molecule has 0 amide bonds. The quantitative estimate of drug-likeness (QED) is 0.640. The van der Waals surface area contributed by atoms with Crippen LogP contribution in [0.15, 0.2) is 36.7 Å². The smallest absolute Gasteiger partial charge is 0.306 e. The molecule has 1 fully saturated rings. The highest BCUT2D eigenvalue weighted by Crippen LogP contribution is 2.36. The molecule has 1 aliphatic heterocycles. The summed E-state index contributed by atoms with van der Waals surface area (Å²) in [5, 5.41) is 25.0. The number of aliphatic hydroxyl groups is 1. The maximum Gasteiger partial charge on any atom is 0.306 e. The van der Waals surface area contributed by atoms with E-state index >= 15 is 0 Å². The highest BCUT2D eigenvalue weighted by atomic mass is 19.1. The summed E-state index contributed by atoms with van der Waals surface area (Å²) in [6, 6.07) is 6.65. The van der Waals surface area contributed by atoms with E-state index in [4.69, 9.17) is 0 Å². The van der Waals surface area contributed by atoms with Crippen LogP contribution in [0.25, 0.3) is 0 Å². The van der Waals surface area contributed by atoms with Crippen molar-refractivity contribution in [3.05, 3.63) is 58.2 Å². The molecule has 8 heteroatoms. The predicted molar refractivity (Wildman–Crippen MR) is 89.4 cm³/mol. The van der Waals surface area contributed by atoms with Crippen LogP contribution in [0.2, 0.25) is 0 Å². The highest BCUT2D eigenvalue weighted by Gasteiger charge is 2.33. The van der Waals surface area contributed by atoms with Crippen molar-refractivity contribution in [3.63, 3.8) is 0 Å². The number of hydrogen-bond acceptors (Lipinski definition) is 5. The summed E-state index contributed by atoms with van der Waals surface area (Å²) < 4.78 is 15.5. The van der Waals surface area contributed by atoms with Crippen LogP contribution in [0.4, 0.5) is 10.1 Å². The zero-order valence-corrected chi connectivity index (χ0v) is 14.0. The zero-order chi connectivity index (χ0) is 18.0. The lowest BCUT2D eigenvalue weighted by Crippen LogP contribution is -2.35. The molecule has 134 valence electrons.